The monoisotopic (exact) mass is 277 g/mol. The molecule has 1 rings (SSSR count). The Morgan fingerprint density at radius 1 is 1.15 bits per heavy atom. The van der Waals surface area contributed by atoms with Gasteiger partial charge in [0.2, 0.25) is 0 Å². The number of hydrogen-bond acceptors (Lipinski definition) is 2. The topological polar surface area (TPSA) is 70.6 Å². The molecule has 0 bridgehead atoms. The molecule has 1 aromatic carbocycles. The fourth-order valence-electron chi connectivity index (χ4n) is 1.97. The number of hydrogen-bond donors (Lipinski definition) is 3. The summed E-state index contributed by atoms with van der Waals surface area (Å²) in [5.41, 5.74) is 7.01. The molecule has 112 valence electrons. The van der Waals surface area contributed by atoms with E-state index in [1.807, 2.05) is 12.1 Å². The highest BCUT2D eigenvalue weighted by molar-refractivity contribution is 5.77. The second-order valence-corrected chi connectivity index (χ2v) is 5.02. The smallest absolute Gasteiger partial charge is 0.188 e. The number of nitrogens with zero attached hydrogens (tertiary/aromatic N) is 1. The first-order chi connectivity index (χ1) is 9.72. The molecule has 0 radical (unpaired) electrons. The minimum Gasteiger partial charge on any atom is -0.508 e. The number of aliphatic imine (C=N–C) groups is 1. The van der Waals surface area contributed by atoms with Crippen LogP contribution in [-0.2, 0) is 6.42 Å². The molecule has 0 heterocycles. The Bertz CT molecular complexity index is 387. The van der Waals surface area contributed by atoms with E-state index in [4.69, 9.17) is 5.73 Å². The zero-order valence-corrected chi connectivity index (χ0v) is 12.4. The van der Waals surface area contributed by atoms with Crippen molar-refractivity contribution >= 4 is 5.96 Å². The number of benzene rings is 1. The van der Waals surface area contributed by atoms with Crippen LogP contribution in [0.25, 0.3) is 0 Å². The van der Waals surface area contributed by atoms with Crippen molar-refractivity contribution in [3.63, 3.8) is 0 Å². The lowest BCUT2D eigenvalue weighted by Crippen LogP contribution is -2.32. The summed E-state index contributed by atoms with van der Waals surface area (Å²) in [6.45, 7) is 3.85. The largest absolute Gasteiger partial charge is 0.508 e. The van der Waals surface area contributed by atoms with Gasteiger partial charge in [-0.05, 0) is 37.0 Å². The Labute approximate surface area is 122 Å². The molecule has 0 atom stereocenters. The standard InChI is InChI=1S/C16H27N3O/c1-2-3-4-5-12-18-16(17)19-13-6-7-14-8-10-15(20)11-9-14/h8-11,20H,2-7,12-13H2,1H3,(H3,17,18,19). The summed E-state index contributed by atoms with van der Waals surface area (Å²) < 4.78 is 0. The predicted octanol–water partition coefficient (Wildman–Crippen LogP) is 2.81. The lowest BCUT2D eigenvalue weighted by molar-refractivity contribution is 0.475. The van der Waals surface area contributed by atoms with Crippen molar-refractivity contribution in [1.29, 1.82) is 0 Å². The van der Waals surface area contributed by atoms with Gasteiger partial charge < -0.3 is 16.2 Å². The van der Waals surface area contributed by atoms with Crippen molar-refractivity contribution in [2.75, 3.05) is 13.1 Å². The van der Waals surface area contributed by atoms with Crippen LogP contribution in [0.1, 0.15) is 44.6 Å². The molecule has 0 aromatic heterocycles. The van der Waals surface area contributed by atoms with Gasteiger partial charge in [-0.15, -0.1) is 0 Å². The van der Waals surface area contributed by atoms with Gasteiger partial charge in [-0.2, -0.15) is 0 Å². The Morgan fingerprint density at radius 3 is 2.60 bits per heavy atom. The number of unbranched alkanes of at least 4 members (excludes halogenated alkanes) is 3. The Hall–Kier alpha value is -1.71. The van der Waals surface area contributed by atoms with Crippen molar-refractivity contribution in [2.24, 2.45) is 10.7 Å². The number of phenols is 1. The first kappa shape index (κ1) is 16.3. The van der Waals surface area contributed by atoms with E-state index in [2.05, 4.69) is 17.2 Å². The van der Waals surface area contributed by atoms with E-state index in [0.717, 1.165) is 32.4 Å². The summed E-state index contributed by atoms with van der Waals surface area (Å²) in [5.74, 6) is 0.857. The number of aromatic hydroxyl groups is 1. The van der Waals surface area contributed by atoms with Gasteiger partial charge in [-0.1, -0.05) is 38.3 Å². The van der Waals surface area contributed by atoms with E-state index < -0.39 is 0 Å². The van der Waals surface area contributed by atoms with Gasteiger partial charge in [0.05, 0.1) is 0 Å². The van der Waals surface area contributed by atoms with Gasteiger partial charge >= 0.3 is 0 Å². The Balaban J connectivity index is 2.09. The maximum absolute atomic E-state index is 9.19. The van der Waals surface area contributed by atoms with Crippen LogP contribution in [0.2, 0.25) is 0 Å². The number of nitrogens with two attached hydrogens (primary N) is 1. The van der Waals surface area contributed by atoms with Gasteiger partial charge in [0.1, 0.15) is 5.75 Å². The summed E-state index contributed by atoms with van der Waals surface area (Å²) in [6.07, 6.45) is 6.85. The highest BCUT2D eigenvalue weighted by atomic mass is 16.3. The first-order valence-electron chi connectivity index (χ1n) is 7.54. The fraction of sp³-hybridized carbons (Fsp3) is 0.562. The molecule has 0 spiro atoms. The van der Waals surface area contributed by atoms with Crippen LogP contribution in [-0.4, -0.2) is 24.2 Å². The number of guanidine groups is 1. The van der Waals surface area contributed by atoms with Crippen LogP contribution in [0.5, 0.6) is 5.75 Å². The maximum Gasteiger partial charge on any atom is 0.188 e. The van der Waals surface area contributed by atoms with Gasteiger partial charge in [-0.3, -0.25) is 4.99 Å². The SMILES string of the molecule is CCCCCCNC(N)=NCCCc1ccc(O)cc1. The first-order valence-corrected chi connectivity index (χ1v) is 7.54. The van der Waals surface area contributed by atoms with E-state index in [9.17, 15) is 5.11 Å². The minimum absolute atomic E-state index is 0.309. The molecule has 4 heteroatoms. The number of nitrogens with one attached hydrogen (secondary N) is 1. The zero-order chi connectivity index (χ0) is 14.6. The van der Waals surface area contributed by atoms with Crippen LogP contribution in [0.3, 0.4) is 0 Å². The lowest BCUT2D eigenvalue weighted by atomic mass is 10.1. The molecule has 0 fully saturated rings. The number of aryl methyl sites for hydroxylation is 1. The van der Waals surface area contributed by atoms with Crippen molar-refractivity contribution in [3.8, 4) is 5.75 Å². The second-order valence-electron chi connectivity index (χ2n) is 5.02. The van der Waals surface area contributed by atoms with E-state index in [1.165, 1.54) is 24.8 Å². The van der Waals surface area contributed by atoms with Gasteiger partial charge in [0.15, 0.2) is 5.96 Å². The van der Waals surface area contributed by atoms with Crippen molar-refractivity contribution in [1.82, 2.24) is 5.32 Å². The molecule has 0 aliphatic carbocycles. The molecule has 1 aromatic rings. The van der Waals surface area contributed by atoms with Crippen molar-refractivity contribution < 1.29 is 5.11 Å². The van der Waals surface area contributed by atoms with E-state index >= 15 is 0 Å². The molecule has 20 heavy (non-hydrogen) atoms. The molecule has 0 saturated heterocycles. The average molecular weight is 277 g/mol. The fourth-order valence-corrected chi connectivity index (χ4v) is 1.97. The normalized spacial score (nSPS) is 11.6. The molecule has 4 nitrogen and oxygen atoms in total. The molecule has 0 amide bonds. The summed E-state index contributed by atoms with van der Waals surface area (Å²) in [6, 6.07) is 7.30. The average Bonchev–Trinajstić information content (AvgIpc) is 2.45. The summed E-state index contributed by atoms with van der Waals surface area (Å²) in [5, 5.41) is 12.3. The van der Waals surface area contributed by atoms with E-state index in [-0.39, 0.29) is 0 Å². The maximum atomic E-state index is 9.19. The van der Waals surface area contributed by atoms with E-state index in [0.29, 0.717) is 11.7 Å². The zero-order valence-electron chi connectivity index (χ0n) is 12.4. The molecule has 4 N–H and O–H groups in total. The molecule has 0 saturated carbocycles. The molecule has 0 unspecified atom stereocenters. The Kier molecular flexibility index (Phi) is 8.27. The van der Waals surface area contributed by atoms with Gasteiger partial charge in [0.25, 0.3) is 0 Å². The van der Waals surface area contributed by atoms with Gasteiger partial charge in [0, 0.05) is 13.1 Å². The summed E-state index contributed by atoms with van der Waals surface area (Å²) >= 11 is 0. The lowest BCUT2D eigenvalue weighted by Gasteiger charge is -2.05. The van der Waals surface area contributed by atoms with E-state index in [1.54, 1.807) is 12.1 Å². The van der Waals surface area contributed by atoms with Crippen LogP contribution >= 0.6 is 0 Å². The number of rotatable bonds is 9. The molecule has 0 aliphatic heterocycles. The van der Waals surface area contributed by atoms with Crippen molar-refractivity contribution in [3.05, 3.63) is 29.8 Å². The molecular formula is C16H27N3O. The minimum atomic E-state index is 0.309. The van der Waals surface area contributed by atoms with Crippen molar-refractivity contribution in [2.45, 2.75) is 45.4 Å². The third-order valence-electron chi connectivity index (χ3n) is 3.18. The summed E-state index contributed by atoms with van der Waals surface area (Å²) in [7, 11) is 0. The highest BCUT2D eigenvalue weighted by Gasteiger charge is 1.95. The predicted molar refractivity (Wildman–Crippen MR) is 85.1 cm³/mol. The van der Waals surface area contributed by atoms with Crippen LogP contribution < -0.4 is 11.1 Å². The second kappa shape index (κ2) is 10.1. The third-order valence-corrected chi connectivity index (χ3v) is 3.18. The quantitative estimate of drug-likeness (QED) is 0.369. The Morgan fingerprint density at radius 2 is 1.90 bits per heavy atom. The van der Waals surface area contributed by atoms with Crippen LogP contribution in [0.4, 0.5) is 0 Å². The van der Waals surface area contributed by atoms with Crippen LogP contribution in [0, 0.1) is 0 Å². The van der Waals surface area contributed by atoms with Crippen LogP contribution in [0.15, 0.2) is 29.3 Å². The molecule has 0 aliphatic rings. The molecular weight excluding hydrogens is 250 g/mol. The number of phenolic OH excluding ortho intramolecular Hbond substituents is 1. The van der Waals surface area contributed by atoms with Gasteiger partial charge in [-0.25, -0.2) is 0 Å². The summed E-state index contributed by atoms with van der Waals surface area (Å²) in [4.78, 5) is 4.31. The third kappa shape index (κ3) is 7.67. The highest BCUT2D eigenvalue weighted by Crippen LogP contribution is 2.10.